The highest BCUT2D eigenvalue weighted by Gasteiger charge is 2.24. The number of carbonyl (C=O) groups excluding carboxylic acids is 1. The quantitative estimate of drug-likeness (QED) is 0.646. The summed E-state index contributed by atoms with van der Waals surface area (Å²) in [6.07, 6.45) is 3.18. The summed E-state index contributed by atoms with van der Waals surface area (Å²) < 4.78 is 0. The first-order chi connectivity index (χ1) is 7.89. The monoisotopic (exact) mass is 242 g/mol. The third-order valence-corrected chi connectivity index (χ3v) is 3.04. The van der Waals surface area contributed by atoms with E-state index in [-0.39, 0.29) is 18.4 Å². The zero-order chi connectivity index (χ0) is 12.9. The van der Waals surface area contributed by atoms with E-state index in [1.54, 1.807) is 0 Å². The molecule has 5 heteroatoms. The van der Waals surface area contributed by atoms with Gasteiger partial charge in [-0.1, -0.05) is 0 Å². The van der Waals surface area contributed by atoms with E-state index < -0.39 is 11.5 Å². The van der Waals surface area contributed by atoms with Gasteiger partial charge in [0.05, 0.1) is 0 Å². The number of carbonyl (C=O) groups is 2. The molecule has 1 aliphatic rings. The SMILES string of the molecule is CC(C)(CCC(=O)O)NC(=O)CC1CCCN1. The van der Waals surface area contributed by atoms with E-state index in [1.807, 2.05) is 13.8 Å². The summed E-state index contributed by atoms with van der Waals surface area (Å²) in [5.41, 5.74) is -0.450. The second-order valence-electron chi connectivity index (χ2n) is 5.32. The molecule has 5 nitrogen and oxygen atoms in total. The van der Waals surface area contributed by atoms with E-state index in [4.69, 9.17) is 5.11 Å². The van der Waals surface area contributed by atoms with Crippen LogP contribution >= 0.6 is 0 Å². The fourth-order valence-electron chi connectivity index (χ4n) is 2.07. The highest BCUT2D eigenvalue weighted by molar-refractivity contribution is 5.77. The van der Waals surface area contributed by atoms with Gasteiger partial charge in [-0.05, 0) is 39.7 Å². The van der Waals surface area contributed by atoms with Crippen LogP contribution in [0.1, 0.15) is 46.0 Å². The van der Waals surface area contributed by atoms with Crippen molar-refractivity contribution >= 4 is 11.9 Å². The molecule has 0 aliphatic carbocycles. The summed E-state index contributed by atoms with van der Waals surface area (Å²) in [4.78, 5) is 22.2. The minimum Gasteiger partial charge on any atom is -0.481 e. The van der Waals surface area contributed by atoms with Gasteiger partial charge in [-0.3, -0.25) is 9.59 Å². The molecule has 1 atom stereocenters. The first-order valence-electron chi connectivity index (χ1n) is 6.15. The fourth-order valence-corrected chi connectivity index (χ4v) is 2.07. The van der Waals surface area contributed by atoms with Gasteiger partial charge < -0.3 is 15.7 Å². The summed E-state index contributed by atoms with van der Waals surface area (Å²) in [5, 5.41) is 14.8. The average Bonchev–Trinajstić information content (AvgIpc) is 2.66. The van der Waals surface area contributed by atoms with E-state index in [1.165, 1.54) is 0 Å². The molecule has 1 unspecified atom stereocenters. The molecule has 0 radical (unpaired) electrons. The Morgan fingerprint density at radius 1 is 1.47 bits per heavy atom. The Balaban J connectivity index is 2.29. The number of rotatable bonds is 6. The van der Waals surface area contributed by atoms with Crippen LogP contribution in [0.15, 0.2) is 0 Å². The summed E-state index contributed by atoms with van der Waals surface area (Å²) in [6.45, 7) is 4.70. The Labute approximate surface area is 102 Å². The number of hydrogen-bond donors (Lipinski definition) is 3. The van der Waals surface area contributed by atoms with Crippen LogP contribution in [0, 0.1) is 0 Å². The minimum absolute atomic E-state index is 0.000196. The summed E-state index contributed by atoms with van der Waals surface area (Å²) in [7, 11) is 0. The van der Waals surface area contributed by atoms with Crippen LogP contribution in [0.4, 0.5) is 0 Å². The second-order valence-corrected chi connectivity index (χ2v) is 5.32. The van der Waals surface area contributed by atoms with Crippen molar-refractivity contribution < 1.29 is 14.7 Å². The normalized spacial score (nSPS) is 20.2. The fraction of sp³-hybridized carbons (Fsp3) is 0.833. The highest BCUT2D eigenvalue weighted by atomic mass is 16.4. The van der Waals surface area contributed by atoms with Crippen LogP contribution in [-0.2, 0) is 9.59 Å². The molecule has 1 aliphatic heterocycles. The maximum atomic E-state index is 11.8. The first-order valence-corrected chi connectivity index (χ1v) is 6.15. The molecular weight excluding hydrogens is 220 g/mol. The van der Waals surface area contributed by atoms with Gasteiger partial charge in [0, 0.05) is 24.4 Å². The number of carboxylic acid groups (broad SMARTS) is 1. The number of hydrogen-bond acceptors (Lipinski definition) is 3. The first kappa shape index (κ1) is 14.0. The predicted molar refractivity (Wildman–Crippen MR) is 64.7 cm³/mol. The Bertz CT molecular complexity index is 283. The number of nitrogens with one attached hydrogen (secondary N) is 2. The Hall–Kier alpha value is -1.10. The second kappa shape index (κ2) is 6.00. The molecule has 1 amide bonds. The number of amides is 1. The lowest BCUT2D eigenvalue weighted by Gasteiger charge is -2.26. The zero-order valence-corrected chi connectivity index (χ0v) is 10.6. The average molecular weight is 242 g/mol. The Morgan fingerprint density at radius 3 is 2.71 bits per heavy atom. The molecule has 3 N–H and O–H groups in total. The van der Waals surface area contributed by atoms with Gasteiger partial charge in [-0.2, -0.15) is 0 Å². The molecule has 0 aromatic heterocycles. The van der Waals surface area contributed by atoms with Gasteiger partial charge in [0.2, 0.25) is 5.91 Å². The maximum absolute atomic E-state index is 11.8. The molecule has 0 bridgehead atoms. The largest absolute Gasteiger partial charge is 0.481 e. The predicted octanol–water partition coefficient (Wildman–Crippen LogP) is 0.888. The van der Waals surface area contributed by atoms with Crippen molar-refractivity contribution in [2.45, 2.75) is 57.5 Å². The molecule has 0 aromatic rings. The standard InChI is InChI=1S/C12H22N2O3/c1-12(2,6-5-11(16)17)14-10(15)8-9-4-3-7-13-9/h9,13H,3-8H2,1-2H3,(H,14,15)(H,16,17). The smallest absolute Gasteiger partial charge is 0.303 e. The van der Waals surface area contributed by atoms with Gasteiger partial charge in [0.25, 0.3) is 0 Å². The van der Waals surface area contributed by atoms with E-state index in [0.717, 1.165) is 19.4 Å². The highest BCUT2D eigenvalue weighted by Crippen LogP contribution is 2.13. The molecule has 1 rings (SSSR count). The van der Waals surface area contributed by atoms with Crippen molar-refractivity contribution in [3.8, 4) is 0 Å². The molecular formula is C12H22N2O3. The van der Waals surface area contributed by atoms with Gasteiger partial charge in [0.1, 0.15) is 0 Å². The lowest BCUT2D eigenvalue weighted by molar-refractivity contribution is -0.137. The van der Waals surface area contributed by atoms with Crippen molar-refractivity contribution in [2.24, 2.45) is 0 Å². The van der Waals surface area contributed by atoms with Crippen LogP contribution in [0.25, 0.3) is 0 Å². The van der Waals surface area contributed by atoms with Gasteiger partial charge in [0.15, 0.2) is 0 Å². The van der Waals surface area contributed by atoms with Crippen molar-refractivity contribution in [1.82, 2.24) is 10.6 Å². The van der Waals surface area contributed by atoms with E-state index in [2.05, 4.69) is 10.6 Å². The van der Waals surface area contributed by atoms with Crippen molar-refractivity contribution in [2.75, 3.05) is 6.54 Å². The van der Waals surface area contributed by atoms with Gasteiger partial charge >= 0.3 is 5.97 Å². The number of aliphatic carboxylic acids is 1. The van der Waals surface area contributed by atoms with Crippen molar-refractivity contribution in [3.05, 3.63) is 0 Å². The molecule has 98 valence electrons. The molecule has 1 saturated heterocycles. The molecule has 0 aromatic carbocycles. The van der Waals surface area contributed by atoms with Crippen molar-refractivity contribution in [1.29, 1.82) is 0 Å². The third kappa shape index (κ3) is 5.68. The third-order valence-electron chi connectivity index (χ3n) is 3.04. The Morgan fingerprint density at radius 2 is 2.18 bits per heavy atom. The van der Waals surface area contributed by atoms with Crippen LogP contribution in [0.2, 0.25) is 0 Å². The maximum Gasteiger partial charge on any atom is 0.303 e. The topological polar surface area (TPSA) is 78.4 Å². The minimum atomic E-state index is -0.829. The lowest BCUT2D eigenvalue weighted by atomic mass is 9.97. The zero-order valence-electron chi connectivity index (χ0n) is 10.6. The molecule has 1 fully saturated rings. The van der Waals surface area contributed by atoms with Crippen LogP contribution in [0.5, 0.6) is 0 Å². The number of carboxylic acids is 1. The molecule has 0 spiro atoms. The molecule has 0 saturated carbocycles. The van der Waals surface area contributed by atoms with Gasteiger partial charge in [-0.25, -0.2) is 0 Å². The lowest BCUT2D eigenvalue weighted by Crippen LogP contribution is -2.45. The summed E-state index contributed by atoms with van der Waals surface area (Å²) in [5.74, 6) is -0.829. The molecule has 1 heterocycles. The van der Waals surface area contributed by atoms with Crippen LogP contribution in [0.3, 0.4) is 0 Å². The van der Waals surface area contributed by atoms with E-state index >= 15 is 0 Å². The summed E-state index contributed by atoms with van der Waals surface area (Å²) >= 11 is 0. The van der Waals surface area contributed by atoms with E-state index in [9.17, 15) is 9.59 Å². The van der Waals surface area contributed by atoms with Crippen LogP contribution < -0.4 is 10.6 Å². The van der Waals surface area contributed by atoms with Crippen LogP contribution in [-0.4, -0.2) is 35.1 Å². The van der Waals surface area contributed by atoms with Gasteiger partial charge in [-0.15, -0.1) is 0 Å². The van der Waals surface area contributed by atoms with E-state index in [0.29, 0.717) is 12.8 Å². The summed E-state index contributed by atoms with van der Waals surface area (Å²) in [6, 6.07) is 0.283. The Kier molecular flexibility index (Phi) is 4.93. The van der Waals surface area contributed by atoms with Crippen molar-refractivity contribution in [3.63, 3.8) is 0 Å². The molecule has 17 heavy (non-hydrogen) atoms.